The fourth-order valence-electron chi connectivity index (χ4n) is 2.48. The molecule has 1 aliphatic heterocycles. The number of aliphatic imine (C=N–C) groups is 1. The van der Waals surface area contributed by atoms with Crippen LogP contribution < -0.4 is 10.6 Å². The zero-order valence-corrected chi connectivity index (χ0v) is 18.0. The standard InChI is InChI=1S/C16H29N5OS.HI/c1-4-15-20-14(12-23-15)11-19-16(17-5-2)18-10-13(3)21-6-8-22-9-7-21;/h12-13H,4-11H2,1-3H3,(H2,17,18,19);1H. The van der Waals surface area contributed by atoms with Crippen LogP contribution >= 0.6 is 35.3 Å². The molecule has 0 aromatic carbocycles. The van der Waals surface area contributed by atoms with Gasteiger partial charge in [-0.25, -0.2) is 9.98 Å². The summed E-state index contributed by atoms with van der Waals surface area (Å²) in [6.07, 6.45) is 0.990. The summed E-state index contributed by atoms with van der Waals surface area (Å²) in [6.45, 7) is 12.5. The third-order valence-corrected chi connectivity index (χ3v) is 4.92. The first-order valence-electron chi connectivity index (χ1n) is 8.50. The Morgan fingerprint density at radius 3 is 2.75 bits per heavy atom. The number of aromatic nitrogens is 1. The number of aryl methyl sites for hydroxylation is 1. The molecule has 2 N–H and O–H groups in total. The maximum absolute atomic E-state index is 5.41. The van der Waals surface area contributed by atoms with Gasteiger partial charge in [-0.15, -0.1) is 35.3 Å². The molecule has 24 heavy (non-hydrogen) atoms. The van der Waals surface area contributed by atoms with Crippen molar-refractivity contribution in [1.29, 1.82) is 0 Å². The van der Waals surface area contributed by atoms with Crippen molar-refractivity contribution in [3.05, 3.63) is 16.1 Å². The van der Waals surface area contributed by atoms with Gasteiger partial charge in [-0.05, 0) is 20.3 Å². The van der Waals surface area contributed by atoms with E-state index in [9.17, 15) is 0 Å². The molecule has 0 amide bonds. The van der Waals surface area contributed by atoms with Crippen molar-refractivity contribution < 1.29 is 4.74 Å². The molecule has 0 radical (unpaired) electrons. The number of thiazole rings is 1. The minimum Gasteiger partial charge on any atom is -0.379 e. The molecule has 0 saturated carbocycles. The number of hydrogen-bond donors (Lipinski definition) is 2. The van der Waals surface area contributed by atoms with E-state index in [0.29, 0.717) is 12.6 Å². The fraction of sp³-hybridized carbons (Fsp3) is 0.750. The van der Waals surface area contributed by atoms with Crippen LogP contribution in [-0.4, -0.2) is 61.3 Å². The van der Waals surface area contributed by atoms with E-state index in [1.54, 1.807) is 11.3 Å². The van der Waals surface area contributed by atoms with Gasteiger partial charge in [-0.3, -0.25) is 4.90 Å². The molecule has 2 heterocycles. The number of ether oxygens (including phenoxy) is 1. The van der Waals surface area contributed by atoms with Crippen LogP contribution in [0.4, 0.5) is 0 Å². The van der Waals surface area contributed by atoms with Crippen LogP contribution in [0.15, 0.2) is 10.4 Å². The molecule has 0 bridgehead atoms. The maximum Gasteiger partial charge on any atom is 0.191 e. The summed E-state index contributed by atoms with van der Waals surface area (Å²) in [4.78, 5) is 11.7. The van der Waals surface area contributed by atoms with Gasteiger partial charge in [0.05, 0.1) is 30.5 Å². The number of nitrogens with zero attached hydrogens (tertiary/aromatic N) is 3. The lowest BCUT2D eigenvalue weighted by atomic mass is 10.2. The Morgan fingerprint density at radius 2 is 2.12 bits per heavy atom. The number of halogens is 1. The SMILES string of the molecule is CCNC(=NCc1csc(CC)n1)NCC(C)N1CCOCC1.I. The molecule has 138 valence electrons. The Morgan fingerprint density at radius 1 is 1.38 bits per heavy atom. The van der Waals surface area contributed by atoms with E-state index >= 15 is 0 Å². The number of morpholine rings is 1. The van der Waals surface area contributed by atoms with Crippen molar-refractivity contribution in [2.24, 2.45) is 4.99 Å². The minimum absolute atomic E-state index is 0. The molecule has 6 nitrogen and oxygen atoms in total. The predicted molar refractivity (Wildman–Crippen MR) is 112 cm³/mol. The van der Waals surface area contributed by atoms with E-state index in [0.717, 1.165) is 57.5 Å². The highest BCUT2D eigenvalue weighted by molar-refractivity contribution is 14.0. The number of hydrogen-bond acceptors (Lipinski definition) is 5. The summed E-state index contributed by atoms with van der Waals surface area (Å²) in [5, 5.41) is 10.0. The van der Waals surface area contributed by atoms with E-state index in [1.807, 2.05) is 0 Å². The zero-order chi connectivity index (χ0) is 16.5. The average Bonchev–Trinajstić information content (AvgIpc) is 3.06. The summed E-state index contributed by atoms with van der Waals surface area (Å²) in [5.41, 5.74) is 1.05. The minimum atomic E-state index is 0. The quantitative estimate of drug-likeness (QED) is 0.366. The van der Waals surface area contributed by atoms with Crippen LogP contribution in [0.1, 0.15) is 31.5 Å². The van der Waals surface area contributed by atoms with Gasteiger partial charge in [-0.2, -0.15) is 0 Å². The topological polar surface area (TPSA) is 61.8 Å². The second-order valence-electron chi connectivity index (χ2n) is 5.66. The van der Waals surface area contributed by atoms with E-state index in [1.165, 1.54) is 5.01 Å². The lowest BCUT2D eigenvalue weighted by Gasteiger charge is -2.32. The van der Waals surface area contributed by atoms with Crippen LogP contribution in [0, 0.1) is 0 Å². The van der Waals surface area contributed by atoms with E-state index in [2.05, 4.69) is 51.7 Å². The molecule has 8 heteroatoms. The van der Waals surface area contributed by atoms with Gasteiger partial charge in [0, 0.05) is 37.6 Å². The van der Waals surface area contributed by atoms with Gasteiger partial charge in [0.15, 0.2) is 5.96 Å². The molecule has 0 spiro atoms. The van der Waals surface area contributed by atoms with Crippen LogP contribution in [0.3, 0.4) is 0 Å². The van der Waals surface area contributed by atoms with Crippen LogP contribution in [0.2, 0.25) is 0 Å². The molecular weight excluding hydrogens is 437 g/mol. The highest BCUT2D eigenvalue weighted by atomic mass is 127. The van der Waals surface area contributed by atoms with Gasteiger partial charge in [-0.1, -0.05) is 6.92 Å². The van der Waals surface area contributed by atoms with Crippen LogP contribution in [0.25, 0.3) is 0 Å². The van der Waals surface area contributed by atoms with Crippen molar-refractivity contribution in [1.82, 2.24) is 20.5 Å². The van der Waals surface area contributed by atoms with Gasteiger partial charge in [0.25, 0.3) is 0 Å². The van der Waals surface area contributed by atoms with E-state index in [-0.39, 0.29) is 24.0 Å². The second kappa shape index (κ2) is 12.0. The van der Waals surface area contributed by atoms with Crippen molar-refractivity contribution in [3.63, 3.8) is 0 Å². The Bertz CT molecular complexity index is 491. The first kappa shape index (κ1) is 21.6. The molecule has 0 aliphatic carbocycles. The van der Waals surface area contributed by atoms with E-state index < -0.39 is 0 Å². The smallest absolute Gasteiger partial charge is 0.191 e. The number of guanidine groups is 1. The van der Waals surface area contributed by atoms with E-state index in [4.69, 9.17) is 4.74 Å². The third-order valence-electron chi connectivity index (χ3n) is 3.88. The Balaban J connectivity index is 0.00000288. The Kier molecular flexibility index (Phi) is 10.8. The summed E-state index contributed by atoms with van der Waals surface area (Å²) in [5.74, 6) is 0.860. The lowest BCUT2D eigenvalue weighted by molar-refractivity contribution is 0.0211. The first-order chi connectivity index (χ1) is 11.2. The van der Waals surface area contributed by atoms with Crippen molar-refractivity contribution in [3.8, 4) is 0 Å². The average molecular weight is 467 g/mol. The van der Waals surface area contributed by atoms with Gasteiger partial charge in [0.1, 0.15) is 0 Å². The molecular formula is C16H30IN5OS. The predicted octanol–water partition coefficient (Wildman–Crippen LogP) is 2.10. The monoisotopic (exact) mass is 467 g/mol. The van der Waals surface area contributed by atoms with Gasteiger partial charge >= 0.3 is 0 Å². The second-order valence-corrected chi connectivity index (χ2v) is 6.60. The van der Waals surface area contributed by atoms with Crippen LogP contribution in [-0.2, 0) is 17.7 Å². The molecule has 1 aliphatic rings. The molecule has 1 atom stereocenters. The summed E-state index contributed by atoms with van der Waals surface area (Å²) in [7, 11) is 0. The normalized spacial score (nSPS) is 17.2. The Labute approximate surface area is 166 Å². The van der Waals surface area contributed by atoms with Crippen LogP contribution in [0.5, 0.6) is 0 Å². The van der Waals surface area contributed by atoms with Gasteiger partial charge in [0.2, 0.25) is 0 Å². The number of rotatable bonds is 7. The highest BCUT2D eigenvalue weighted by Crippen LogP contribution is 2.10. The highest BCUT2D eigenvalue weighted by Gasteiger charge is 2.16. The first-order valence-corrected chi connectivity index (χ1v) is 9.38. The van der Waals surface area contributed by atoms with Crippen molar-refractivity contribution >= 4 is 41.3 Å². The summed E-state index contributed by atoms with van der Waals surface area (Å²) in [6, 6.07) is 0.466. The largest absolute Gasteiger partial charge is 0.379 e. The molecule has 1 fully saturated rings. The van der Waals surface area contributed by atoms with Crippen molar-refractivity contribution in [2.75, 3.05) is 39.4 Å². The number of nitrogens with one attached hydrogen (secondary N) is 2. The zero-order valence-electron chi connectivity index (χ0n) is 14.9. The molecule has 1 unspecified atom stereocenters. The fourth-order valence-corrected chi connectivity index (χ4v) is 3.21. The van der Waals surface area contributed by atoms with Gasteiger partial charge < -0.3 is 15.4 Å². The third kappa shape index (κ3) is 7.20. The Hall–Kier alpha value is -0.450. The van der Waals surface area contributed by atoms with Crippen molar-refractivity contribution in [2.45, 2.75) is 39.8 Å². The summed E-state index contributed by atoms with van der Waals surface area (Å²) < 4.78 is 5.41. The maximum atomic E-state index is 5.41. The summed E-state index contributed by atoms with van der Waals surface area (Å²) >= 11 is 1.71. The lowest BCUT2D eigenvalue weighted by Crippen LogP contribution is -2.49. The molecule has 2 rings (SSSR count). The molecule has 1 aromatic heterocycles. The molecule has 1 aromatic rings. The molecule has 1 saturated heterocycles.